The predicted octanol–water partition coefficient (Wildman–Crippen LogP) is 11.5. The van der Waals surface area contributed by atoms with Crippen LogP contribution in [0.4, 0.5) is 0 Å². The van der Waals surface area contributed by atoms with Crippen LogP contribution in [0.2, 0.25) is 0 Å². The van der Waals surface area contributed by atoms with Gasteiger partial charge in [0.05, 0.1) is 5.69 Å². The summed E-state index contributed by atoms with van der Waals surface area (Å²) in [5.41, 5.74) is 11.0. The van der Waals surface area contributed by atoms with E-state index in [-0.39, 0.29) is 0 Å². The minimum Gasteiger partial charge on any atom is -0.256 e. The molecule has 48 heavy (non-hydrogen) atoms. The minimum absolute atomic E-state index is 0.580. The quantitative estimate of drug-likeness (QED) is 0.153. The van der Waals surface area contributed by atoms with Gasteiger partial charge in [0.1, 0.15) is 0 Å². The van der Waals surface area contributed by atoms with Crippen LogP contribution in [0.5, 0.6) is 0 Å². The largest absolute Gasteiger partial charge is 0.256 e. The first-order valence-corrected chi connectivity index (χ1v) is 16.0. The maximum atomic E-state index is 5.01. The molecule has 4 nitrogen and oxygen atoms in total. The van der Waals surface area contributed by atoms with Gasteiger partial charge < -0.3 is 0 Å². The number of allylic oxidation sites excluding steroid dienone is 6. The molecular formula is C44H40N4. The van der Waals surface area contributed by atoms with E-state index in [9.17, 15) is 0 Å². The molecule has 0 bridgehead atoms. The Bertz CT molecular complexity index is 2090. The maximum absolute atomic E-state index is 5.01. The van der Waals surface area contributed by atoms with Gasteiger partial charge in [-0.25, -0.2) is 15.0 Å². The fourth-order valence-corrected chi connectivity index (χ4v) is 5.64. The first-order chi connectivity index (χ1) is 23.5. The summed E-state index contributed by atoms with van der Waals surface area (Å²) in [6.07, 6.45) is 15.6. The summed E-state index contributed by atoms with van der Waals surface area (Å²) >= 11 is 0. The summed E-state index contributed by atoms with van der Waals surface area (Å²) in [4.78, 5) is 19.6. The maximum Gasteiger partial charge on any atom is 0.164 e. The summed E-state index contributed by atoms with van der Waals surface area (Å²) < 4.78 is 0. The van der Waals surface area contributed by atoms with Gasteiger partial charge in [-0.1, -0.05) is 135 Å². The Balaban J connectivity index is 1.86. The zero-order valence-electron chi connectivity index (χ0n) is 28.1. The van der Waals surface area contributed by atoms with Gasteiger partial charge >= 0.3 is 0 Å². The zero-order chi connectivity index (χ0) is 33.9. The van der Waals surface area contributed by atoms with Crippen molar-refractivity contribution in [3.05, 3.63) is 175 Å². The molecule has 5 aromatic rings. The van der Waals surface area contributed by atoms with Crippen molar-refractivity contribution < 1.29 is 0 Å². The summed E-state index contributed by atoms with van der Waals surface area (Å²) in [5, 5.41) is 0. The third kappa shape index (κ3) is 7.51. The van der Waals surface area contributed by atoms with Crippen LogP contribution in [-0.2, 0) is 0 Å². The van der Waals surface area contributed by atoms with E-state index in [2.05, 4.69) is 75.6 Å². The molecule has 3 aromatic carbocycles. The Kier molecular flexibility index (Phi) is 11.1. The van der Waals surface area contributed by atoms with Gasteiger partial charge in [0.2, 0.25) is 0 Å². The topological polar surface area (TPSA) is 51.6 Å². The van der Waals surface area contributed by atoms with Crippen LogP contribution in [0.15, 0.2) is 147 Å². The molecule has 0 saturated carbocycles. The molecular weight excluding hydrogens is 585 g/mol. The molecule has 0 aliphatic carbocycles. The lowest BCUT2D eigenvalue weighted by atomic mass is 9.88. The SMILES string of the molecule is C=C/C=C(\C=C/C)c1nc(-c2ccccc2)nc(-c2ccc(C)c(-c3c(C)cccccc(-c4ccccn4)c(C=C)c3/C=C\C)c2)n1. The van der Waals surface area contributed by atoms with Crippen LogP contribution < -0.4 is 0 Å². The molecule has 0 unspecified atom stereocenters. The van der Waals surface area contributed by atoms with Gasteiger partial charge in [-0.15, -0.1) is 0 Å². The van der Waals surface area contributed by atoms with E-state index in [0.29, 0.717) is 17.5 Å². The number of hydrogen-bond donors (Lipinski definition) is 0. The summed E-state index contributed by atoms with van der Waals surface area (Å²) in [5.74, 6) is 1.77. The van der Waals surface area contributed by atoms with Gasteiger partial charge in [-0.2, -0.15) is 0 Å². The number of aromatic nitrogens is 4. The molecule has 0 N–H and O–H groups in total. The number of benzene rings is 2. The number of rotatable bonds is 9. The minimum atomic E-state index is 0.580. The molecule has 0 saturated heterocycles. The Morgan fingerprint density at radius 1 is 0.646 bits per heavy atom. The fourth-order valence-electron chi connectivity index (χ4n) is 5.64. The normalized spacial score (nSPS) is 11.5. The van der Waals surface area contributed by atoms with Crippen LogP contribution in [0, 0.1) is 13.8 Å². The number of nitrogens with zero attached hydrogens (tertiary/aromatic N) is 4. The first-order valence-electron chi connectivity index (χ1n) is 16.0. The number of hydrogen-bond acceptors (Lipinski definition) is 4. The predicted molar refractivity (Wildman–Crippen MR) is 204 cm³/mol. The lowest BCUT2D eigenvalue weighted by Crippen LogP contribution is -2.03. The van der Waals surface area contributed by atoms with E-state index in [4.69, 9.17) is 19.9 Å². The van der Waals surface area contributed by atoms with Crippen LogP contribution in [0.1, 0.15) is 41.9 Å². The second-order valence-corrected chi connectivity index (χ2v) is 11.2. The molecule has 236 valence electrons. The van der Waals surface area contributed by atoms with Gasteiger partial charge in [0, 0.05) is 28.5 Å². The van der Waals surface area contributed by atoms with Crippen LogP contribution >= 0.6 is 0 Å². The van der Waals surface area contributed by atoms with Crippen molar-refractivity contribution >= 4 is 17.7 Å². The highest BCUT2D eigenvalue weighted by atomic mass is 15.0. The van der Waals surface area contributed by atoms with Crippen molar-refractivity contribution in [3.63, 3.8) is 0 Å². The van der Waals surface area contributed by atoms with Crippen molar-refractivity contribution in [2.45, 2.75) is 27.7 Å². The van der Waals surface area contributed by atoms with E-state index in [1.54, 1.807) is 6.08 Å². The molecule has 0 radical (unpaired) electrons. The van der Waals surface area contributed by atoms with E-state index >= 15 is 0 Å². The number of aryl methyl sites for hydroxylation is 2. The van der Waals surface area contributed by atoms with Crippen LogP contribution in [-0.4, -0.2) is 19.9 Å². The van der Waals surface area contributed by atoms with Gasteiger partial charge in [0.25, 0.3) is 0 Å². The molecule has 0 aliphatic rings. The second-order valence-electron chi connectivity index (χ2n) is 11.2. The molecule has 0 atom stereocenters. The average molecular weight is 625 g/mol. The molecule has 2 heterocycles. The highest BCUT2D eigenvalue weighted by molar-refractivity contribution is 5.89. The summed E-state index contributed by atoms with van der Waals surface area (Å²) in [7, 11) is 0. The smallest absolute Gasteiger partial charge is 0.164 e. The first kappa shape index (κ1) is 33.4. The highest BCUT2D eigenvalue weighted by Gasteiger charge is 2.17. The molecule has 0 amide bonds. The van der Waals surface area contributed by atoms with Gasteiger partial charge in [-0.05, 0) is 79.3 Å². The summed E-state index contributed by atoms with van der Waals surface area (Å²) in [6, 6.07) is 32.8. The lowest BCUT2D eigenvalue weighted by Gasteiger charge is -2.17. The molecule has 0 aliphatic heterocycles. The lowest BCUT2D eigenvalue weighted by molar-refractivity contribution is 1.04. The van der Waals surface area contributed by atoms with Crippen LogP contribution in [0.25, 0.3) is 62.9 Å². The molecule has 0 fully saturated rings. The zero-order valence-corrected chi connectivity index (χ0v) is 28.1. The number of pyridine rings is 1. The van der Waals surface area contributed by atoms with Crippen molar-refractivity contribution in [2.75, 3.05) is 0 Å². The van der Waals surface area contributed by atoms with E-state index in [1.165, 1.54) is 0 Å². The standard InChI is InChI=1S/C44H40N4/c1-7-19-33(20-8-2)42-46-43(34-23-14-12-15-24-34)48-44(47-42)35-28-27-31(5)39(30-35)41-32(6)22-13-11-16-25-37(40-26-17-18-29-45-40)36(10-4)38(41)21-9-3/h7-30H,1,4H2,2-3,5-6H3/b13-11?,16-11?,20-8-,21-9-,22-13?,25-16?,32-22?,33-19+,37-25?,37-36?,38-36?,41-32?,41-38?. The molecule has 4 heteroatoms. The Labute approximate surface area is 284 Å². The summed E-state index contributed by atoms with van der Waals surface area (Å²) in [6.45, 7) is 16.5. The Morgan fingerprint density at radius 2 is 1.35 bits per heavy atom. The van der Waals surface area contributed by atoms with Crippen LogP contribution in [0.3, 0.4) is 0 Å². The second kappa shape index (κ2) is 16.0. The van der Waals surface area contributed by atoms with E-state index in [1.807, 2.05) is 105 Å². The third-order valence-corrected chi connectivity index (χ3v) is 7.89. The van der Waals surface area contributed by atoms with Crippen molar-refractivity contribution in [2.24, 2.45) is 0 Å². The third-order valence-electron chi connectivity index (χ3n) is 7.89. The molecule has 5 rings (SSSR count). The van der Waals surface area contributed by atoms with Crippen molar-refractivity contribution in [1.29, 1.82) is 0 Å². The highest BCUT2D eigenvalue weighted by Crippen LogP contribution is 2.37. The van der Waals surface area contributed by atoms with E-state index < -0.39 is 0 Å². The van der Waals surface area contributed by atoms with Gasteiger partial charge in [0.15, 0.2) is 17.5 Å². The van der Waals surface area contributed by atoms with Crippen molar-refractivity contribution in [1.82, 2.24) is 19.9 Å². The Hall–Kier alpha value is -6.00. The average Bonchev–Trinajstić information content (AvgIpc) is 3.12. The van der Waals surface area contributed by atoms with Gasteiger partial charge in [-0.3, -0.25) is 4.98 Å². The monoisotopic (exact) mass is 624 g/mol. The fraction of sp³-hybridized carbons (Fsp3) is 0.0909. The molecule has 2 aromatic heterocycles. The van der Waals surface area contributed by atoms with Crippen molar-refractivity contribution in [3.8, 4) is 45.2 Å². The Morgan fingerprint density at radius 3 is 2.02 bits per heavy atom. The van der Waals surface area contributed by atoms with E-state index in [0.717, 1.165) is 61.3 Å². The molecule has 0 spiro atoms.